The third kappa shape index (κ3) is 3.48. The van der Waals surface area contributed by atoms with Gasteiger partial charge >= 0.3 is 0 Å². The fourth-order valence-electron chi connectivity index (χ4n) is 3.68. The van der Waals surface area contributed by atoms with Crippen LogP contribution in [0.4, 0.5) is 11.4 Å². The second kappa shape index (κ2) is 7.44. The van der Waals surface area contributed by atoms with E-state index in [9.17, 15) is 9.59 Å². The molecule has 2 aromatic heterocycles. The first-order chi connectivity index (χ1) is 13.5. The van der Waals surface area contributed by atoms with Gasteiger partial charge in [0, 0.05) is 42.3 Å². The van der Waals surface area contributed by atoms with Crippen molar-refractivity contribution in [1.82, 2.24) is 9.97 Å². The van der Waals surface area contributed by atoms with Gasteiger partial charge in [0.2, 0.25) is 5.56 Å². The molecule has 0 radical (unpaired) electrons. The van der Waals surface area contributed by atoms with Crippen LogP contribution in [0.1, 0.15) is 34.6 Å². The normalized spacial score (nSPS) is 13.9. The predicted octanol–water partition coefficient (Wildman–Crippen LogP) is 2.54. The van der Waals surface area contributed by atoms with E-state index >= 15 is 0 Å². The second-order valence-corrected chi connectivity index (χ2v) is 7.10. The average Bonchev–Trinajstić information content (AvgIpc) is 3.22. The van der Waals surface area contributed by atoms with Gasteiger partial charge in [0.05, 0.1) is 11.4 Å². The standard InChI is InChI=1S/C21H23N5O2/c1-13-10-19(27)25-17-6-4-14(11-16(13)17)24-21(28)20-18(26-8-2-3-9-26)7-5-15(12-22)23-20/h4-7,10-11H,2-3,8-9,12,22H2,1H3,(H,24,28)(H,25,27). The van der Waals surface area contributed by atoms with Crippen LogP contribution in [-0.4, -0.2) is 29.0 Å². The van der Waals surface area contributed by atoms with Gasteiger partial charge < -0.3 is 20.9 Å². The third-order valence-electron chi connectivity index (χ3n) is 5.11. The number of nitrogens with two attached hydrogens (primary N) is 1. The zero-order valence-electron chi connectivity index (χ0n) is 15.8. The molecule has 1 saturated heterocycles. The fraction of sp³-hybridized carbons (Fsp3) is 0.286. The molecule has 1 aliphatic rings. The van der Waals surface area contributed by atoms with E-state index < -0.39 is 0 Å². The summed E-state index contributed by atoms with van der Waals surface area (Å²) in [6, 6.07) is 10.8. The van der Waals surface area contributed by atoms with E-state index in [-0.39, 0.29) is 18.0 Å². The molecule has 1 amide bonds. The van der Waals surface area contributed by atoms with Crippen LogP contribution < -0.4 is 21.5 Å². The van der Waals surface area contributed by atoms with Crippen molar-refractivity contribution >= 4 is 28.2 Å². The van der Waals surface area contributed by atoms with E-state index in [1.807, 2.05) is 25.1 Å². The SMILES string of the molecule is Cc1cc(=O)[nH]c2ccc(NC(=O)c3nc(CN)ccc3N3CCCC3)cc12. The van der Waals surface area contributed by atoms with Gasteiger partial charge in [0.25, 0.3) is 5.91 Å². The molecule has 0 spiro atoms. The summed E-state index contributed by atoms with van der Waals surface area (Å²) in [6.45, 7) is 4.00. The highest BCUT2D eigenvalue weighted by molar-refractivity contribution is 6.07. The van der Waals surface area contributed by atoms with Gasteiger partial charge in [-0.15, -0.1) is 0 Å². The van der Waals surface area contributed by atoms with Crippen LogP contribution in [0.15, 0.2) is 41.2 Å². The van der Waals surface area contributed by atoms with Crippen molar-refractivity contribution in [2.24, 2.45) is 5.73 Å². The second-order valence-electron chi connectivity index (χ2n) is 7.10. The molecule has 0 atom stereocenters. The van der Waals surface area contributed by atoms with Crippen LogP contribution in [0.2, 0.25) is 0 Å². The molecule has 3 heterocycles. The molecule has 7 nitrogen and oxygen atoms in total. The number of aryl methyl sites for hydroxylation is 1. The first-order valence-electron chi connectivity index (χ1n) is 9.45. The topological polar surface area (TPSA) is 104 Å². The number of fused-ring (bicyclic) bond motifs is 1. The number of aromatic nitrogens is 2. The minimum atomic E-state index is -0.265. The number of aromatic amines is 1. The lowest BCUT2D eigenvalue weighted by atomic mass is 10.1. The first-order valence-corrected chi connectivity index (χ1v) is 9.45. The van der Waals surface area contributed by atoms with Crippen LogP contribution in [0.3, 0.4) is 0 Å². The van der Waals surface area contributed by atoms with E-state index in [2.05, 4.69) is 20.2 Å². The Morgan fingerprint density at radius 1 is 1.21 bits per heavy atom. The number of amides is 1. The number of anilines is 2. The molecule has 3 aromatic rings. The molecular weight excluding hydrogens is 354 g/mol. The van der Waals surface area contributed by atoms with Crippen molar-refractivity contribution in [3.63, 3.8) is 0 Å². The number of pyridine rings is 2. The van der Waals surface area contributed by atoms with Crippen LogP contribution >= 0.6 is 0 Å². The van der Waals surface area contributed by atoms with Crippen LogP contribution in [0, 0.1) is 6.92 Å². The van der Waals surface area contributed by atoms with Crippen LogP contribution in [0.5, 0.6) is 0 Å². The maximum absolute atomic E-state index is 13.0. The summed E-state index contributed by atoms with van der Waals surface area (Å²) in [4.78, 5) is 34.2. The fourth-order valence-corrected chi connectivity index (χ4v) is 3.68. The van der Waals surface area contributed by atoms with Gasteiger partial charge in [-0.3, -0.25) is 9.59 Å². The number of hydrogen-bond acceptors (Lipinski definition) is 5. The Kier molecular flexibility index (Phi) is 4.83. The molecule has 0 aliphatic carbocycles. The quantitative estimate of drug-likeness (QED) is 0.648. The monoisotopic (exact) mass is 377 g/mol. The molecule has 1 aliphatic heterocycles. The van der Waals surface area contributed by atoms with Crippen molar-refractivity contribution in [3.8, 4) is 0 Å². The van der Waals surface area contributed by atoms with Gasteiger partial charge in [0.1, 0.15) is 0 Å². The smallest absolute Gasteiger partial charge is 0.276 e. The molecule has 7 heteroatoms. The molecular formula is C21H23N5O2. The molecule has 0 unspecified atom stereocenters. The Balaban J connectivity index is 1.68. The van der Waals surface area contributed by atoms with E-state index in [1.54, 1.807) is 18.2 Å². The maximum atomic E-state index is 13.0. The highest BCUT2D eigenvalue weighted by Crippen LogP contribution is 2.26. The first kappa shape index (κ1) is 18.2. The molecule has 1 fully saturated rings. The zero-order valence-corrected chi connectivity index (χ0v) is 15.8. The summed E-state index contributed by atoms with van der Waals surface area (Å²) >= 11 is 0. The molecule has 4 rings (SSSR count). The Morgan fingerprint density at radius 3 is 2.75 bits per heavy atom. The molecule has 1 aromatic carbocycles. The molecule has 144 valence electrons. The van der Waals surface area contributed by atoms with Gasteiger partial charge in [-0.2, -0.15) is 0 Å². The lowest BCUT2D eigenvalue weighted by Gasteiger charge is -2.21. The summed E-state index contributed by atoms with van der Waals surface area (Å²) in [7, 11) is 0. The van der Waals surface area contributed by atoms with E-state index in [4.69, 9.17) is 5.73 Å². The van der Waals surface area contributed by atoms with Gasteiger partial charge in [0.15, 0.2) is 5.69 Å². The van der Waals surface area contributed by atoms with Crippen molar-refractivity contribution in [3.05, 3.63) is 63.7 Å². The third-order valence-corrected chi connectivity index (χ3v) is 5.11. The van der Waals surface area contributed by atoms with Crippen LogP contribution in [0.25, 0.3) is 10.9 Å². The Hall–Kier alpha value is -3.19. The number of rotatable bonds is 4. The predicted molar refractivity (Wildman–Crippen MR) is 111 cm³/mol. The minimum Gasteiger partial charge on any atom is -0.370 e. The number of carbonyl (C=O) groups excluding carboxylic acids is 1. The number of nitrogens with one attached hydrogen (secondary N) is 2. The summed E-state index contributed by atoms with van der Waals surface area (Å²) in [5.41, 5.74) is 9.75. The highest BCUT2D eigenvalue weighted by atomic mass is 16.2. The molecule has 28 heavy (non-hydrogen) atoms. The summed E-state index contributed by atoms with van der Waals surface area (Å²) in [5.74, 6) is -0.265. The van der Waals surface area contributed by atoms with E-state index in [0.29, 0.717) is 17.1 Å². The minimum absolute atomic E-state index is 0.139. The maximum Gasteiger partial charge on any atom is 0.276 e. The number of benzene rings is 1. The van der Waals surface area contributed by atoms with Crippen molar-refractivity contribution in [2.75, 3.05) is 23.3 Å². The van der Waals surface area contributed by atoms with Crippen molar-refractivity contribution < 1.29 is 4.79 Å². The highest BCUT2D eigenvalue weighted by Gasteiger charge is 2.21. The Bertz CT molecular complexity index is 1100. The van der Waals surface area contributed by atoms with Crippen LogP contribution in [-0.2, 0) is 6.54 Å². The lowest BCUT2D eigenvalue weighted by molar-refractivity contribution is 0.102. The Morgan fingerprint density at radius 2 is 2.00 bits per heavy atom. The van der Waals surface area contributed by atoms with E-state index in [0.717, 1.165) is 48.1 Å². The molecule has 0 saturated carbocycles. The van der Waals surface area contributed by atoms with Crippen molar-refractivity contribution in [2.45, 2.75) is 26.3 Å². The van der Waals surface area contributed by atoms with Gasteiger partial charge in [-0.05, 0) is 55.7 Å². The summed E-state index contributed by atoms with van der Waals surface area (Å²) in [5, 5.41) is 3.84. The van der Waals surface area contributed by atoms with Crippen molar-refractivity contribution in [1.29, 1.82) is 0 Å². The molecule has 0 bridgehead atoms. The largest absolute Gasteiger partial charge is 0.370 e. The average molecular weight is 377 g/mol. The summed E-state index contributed by atoms with van der Waals surface area (Å²) < 4.78 is 0. The molecule has 4 N–H and O–H groups in total. The zero-order chi connectivity index (χ0) is 19.7. The summed E-state index contributed by atoms with van der Waals surface area (Å²) in [6.07, 6.45) is 2.23. The number of carbonyl (C=O) groups is 1. The number of nitrogens with zero attached hydrogens (tertiary/aromatic N) is 2. The number of hydrogen-bond donors (Lipinski definition) is 3. The van der Waals surface area contributed by atoms with Gasteiger partial charge in [-0.1, -0.05) is 0 Å². The van der Waals surface area contributed by atoms with Gasteiger partial charge in [-0.25, -0.2) is 4.98 Å². The lowest BCUT2D eigenvalue weighted by Crippen LogP contribution is -2.24. The van der Waals surface area contributed by atoms with E-state index in [1.165, 1.54) is 0 Å². The Labute approximate surface area is 162 Å². The number of H-pyrrole nitrogens is 1.